The van der Waals surface area contributed by atoms with Gasteiger partial charge in [-0.1, -0.05) is 156 Å². The molecular formula is C52H65N2P. The third-order valence-electron chi connectivity index (χ3n) is 12.5. The Morgan fingerprint density at radius 3 is 1.53 bits per heavy atom. The number of nitrogens with zero attached hydrogens (tertiary/aromatic N) is 1. The van der Waals surface area contributed by atoms with Gasteiger partial charge in [-0.05, 0) is 140 Å². The molecule has 2 nitrogen and oxygen atoms in total. The number of aromatic nitrogens is 1. The monoisotopic (exact) mass is 748 g/mol. The maximum Gasteiger partial charge on any atom is 0.0623 e. The molecule has 1 heterocycles. The fourth-order valence-electron chi connectivity index (χ4n) is 9.02. The second-order valence-electron chi connectivity index (χ2n) is 20.7. The van der Waals surface area contributed by atoms with Gasteiger partial charge >= 0.3 is 0 Å². The minimum Gasteiger partial charge on any atom is -0.379 e. The number of hydrogen-bond donors (Lipinski definition) is 1. The van der Waals surface area contributed by atoms with Crippen LogP contribution in [0.3, 0.4) is 0 Å². The highest BCUT2D eigenvalue weighted by Crippen LogP contribution is 2.56. The Morgan fingerprint density at radius 1 is 0.582 bits per heavy atom. The summed E-state index contributed by atoms with van der Waals surface area (Å²) in [5, 5.41) is 8.43. The summed E-state index contributed by atoms with van der Waals surface area (Å²) < 4.78 is 0. The molecule has 0 saturated carbocycles. The van der Waals surface area contributed by atoms with E-state index < -0.39 is 7.92 Å². The molecule has 1 N–H and O–H groups in total. The molecule has 2 aliphatic rings. The van der Waals surface area contributed by atoms with Crippen molar-refractivity contribution >= 4 is 29.5 Å². The van der Waals surface area contributed by atoms with Crippen LogP contribution in [0, 0.1) is 6.92 Å². The lowest BCUT2D eigenvalue weighted by molar-refractivity contribution is 0.510. The maximum absolute atomic E-state index is 4.75. The summed E-state index contributed by atoms with van der Waals surface area (Å²) in [6.45, 7) is 31.4. The molecule has 1 unspecified atom stereocenters. The highest BCUT2D eigenvalue weighted by Gasteiger charge is 2.48. The lowest BCUT2D eigenvalue weighted by atomic mass is 9.76. The van der Waals surface area contributed by atoms with Gasteiger partial charge in [0.1, 0.15) is 0 Å². The number of aryl methyl sites for hydroxylation is 3. The van der Waals surface area contributed by atoms with Gasteiger partial charge in [0, 0.05) is 17.3 Å². The highest BCUT2D eigenvalue weighted by atomic mass is 31.1. The first-order valence-corrected chi connectivity index (χ1v) is 22.0. The molecule has 1 aromatic heterocycles. The van der Waals surface area contributed by atoms with E-state index in [1.807, 2.05) is 12.3 Å². The van der Waals surface area contributed by atoms with Crippen LogP contribution in [0.2, 0.25) is 0 Å². The number of nitrogens with one attached hydrogen (secondary N) is 1. The zero-order chi connectivity index (χ0) is 39.7. The topological polar surface area (TPSA) is 24.9 Å². The van der Waals surface area contributed by atoms with E-state index in [0.29, 0.717) is 0 Å². The maximum atomic E-state index is 4.75. The van der Waals surface area contributed by atoms with E-state index in [-0.39, 0.29) is 27.1 Å². The molecule has 0 aliphatic heterocycles. The van der Waals surface area contributed by atoms with E-state index in [1.54, 1.807) is 16.4 Å². The molecular weight excluding hydrogens is 684 g/mol. The lowest BCUT2D eigenvalue weighted by Gasteiger charge is -2.35. The molecule has 5 aromatic rings. The van der Waals surface area contributed by atoms with Crippen molar-refractivity contribution in [2.75, 3.05) is 5.32 Å². The van der Waals surface area contributed by atoms with Crippen LogP contribution >= 0.6 is 7.92 Å². The molecule has 2 aliphatic carbocycles. The summed E-state index contributed by atoms with van der Waals surface area (Å²) in [5.74, 6) is 0. The van der Waals surface area contributed by atoms with E-state index in [0.717, 1.165) is 37.9 Å². The van der Waals surface area contributed by atoms with Gasteiger partial charge in [-0.25, -0.2) is 0 Å². The number of benzene rings is 4. The van der Waals surface area contributed by atoms with E-state index in [9.17, 15) is 0 Å². The second-order valence-corrected chi connectivity index (χ2v) is 22.9. The SMILES string of the molecule is Cc1cccnc1CNc1cccc2c1C1(CC2)CCc2cccc(P(c3cc(C(C)(C)C)cc(C(C)(C)C)c3)c3cc(C(C)(C)C)cc(C(C)(C)C)c3)c21. The first-order valence-electron chi connectivity index (χ1n) is 20.7. The molecule has 3 heteroatoms. The molecule has 288 valence electrons. The highest BCUT2D eigenvalue weighted by molar-refractivity contribution is 7.80. The van der Waals surface area contributed by atoms with Gasteiger partial charge in [-0.3, -0.25) is 4.98 Å². The minimum absolute atomic E-state index is 0.0254. The predicted molar refractivity (Wildman–Crippen MR) is 240 cm³/mol. The van der Waals surface area contributed by atoms with Crippen LogP contribution in [0.4, 0.5) is 5.69 Å². The van der Waals surface area contributed by atoms with Crippen molar-refractivity contribution in [3.63, 3.8) is 0 Å². The Labute approximate surface area is 334 Å². The van der Waals surface area contributed by atoms with Crippen molar-refractivity contribution in [3.05, 3.63) is 147 Å². The van der Waals surface area contributed by atoms with Crippen molar-refractivity contribution < 1.29 is 0 Å². The summed E-state index contributed by atoms with van der Waals surface area (Å²) >= 11 is 0. The van der Waals surface area contributed by atoms with Gasteiger partial charge in [-0.2, -0.15) is 0 Å². The van der Waals surface area contributed by atoms with Crippen LogP contribution in [0.25, 0.3) is 0 Å². The van der Waals surface area contributed by atoms with Crippen LogP contribution in [-0.2, 0) is 46.5 Å². The Kier molecular flexibility index (Phi) is 10.1. The first-order chi connectivity index (χ1) is 25.7. The molecule has 1 spiro atoms. The van der Waals surface area contributed by atoms with Crippen LogP contribution in [-0.4, -0.2) is 4.98 Å². The lowest BCUT2D eigenvalue weighted by Crippen LogP contribution is -2.33. The third-order valence-corrected chi connectivity index (χ3v) is 14.9. The van der Waals surface area contributed by atoms with Gasteiger partial charge in [0.05, 0.1) is 12.2 Å². The van der Waals surface area contributed by atoms with Crippen LogP contribution < -0.4 is 21.2 Å². The second kappa shape index (κ2) is 14.0. The summed E-state index contributed by atoms with van der Waals surface area (Å²) in [4.78, 5) is 4.75. The fraction of sp³-hybridized carbons (Fsp3) is 0.442. The number of hydrogen-bond acceptors (Lipinski definition) is 2. The molecule has 1 atom stereocenters. The Bertz CT molecular complexity index is 2090. The smallest absolute Gasteiger partial charge is 0.0623 e. The van der Waals surface area contributed by atoms with Crippen molar-refractivity contribution in [2.45, 2.75) is 149 Å². The molecule has 0 saturated heterocycles. The quantitative estimate of drug-likeness (QED) is 0.175. The molecule has 0 radical (unpaired) electrons. The molecule has 7 rings (SSSR count). The fourth-order valence-corrected chi connectivity index (χ4v) is 11.8. The molecule has 55 heavy (non-hydrogen) atoms. The Hall–Kier alpha value is -3.74. The van der Waals surface area contributed by atoms with Crippen LogP contribution in [0.15, 0.2) is 91.1 Å². The normalized spacial score (nSPS) is 17.2. The van der Waals surface area contributed by atoms with Gasteiger partial charge in [0.25, 0.3) is 0 Å². The summed E-state index contributed by atoms with van der Waals surface area (Å²) in [6, 6.07) is 33.9. The molecule has 0 bridgehead atoms. The van der Waals surface area contributed by atoms with Crippen LogP contribution in [0.5, 0.6) is 0 Å². The van der Waals surface area contributed by atoms with E-state index >= 15 is 0 Å². The van der Waals surface area contributed by atoms with E-state index in [1.165, 1.54) is 55.2 Å². The summed E-state index contributed by atoms with van der Waals surface area (Å²) in [7, 11) is -0.922. The van der Waals surface area contributed by atoms with Crippen molar-refractivity contribution in [1.29, 1.82) is 0 Å². The number of rotatable bonds is 6. The van der Waals surface area contributed by atoms with Crippen molar-refractivity contribution in [2.24, 2.45) is 0 Å². The Morgan fingerprint density at radius 2 is 1.05 bits per heavy atom. The molecule has 0 amide bonds. The van der Waals surface area contributed by atoms with Crippen molar-refractivity contribution in [3.8, 4) is 0 Å². The zero-order valence-electron chi connectivity index (χ0n) is 36.1. The molecule has 0 fully saturated rings. The standard InChI is InChI=1S/C52H65N2P/c1-34-17-16-26-53-44(34)33-54-43-20-14-18-35-22-24-52(46(35)43)25-23-36-19-15-21-45(47(36)52)55(41-29-37(48(2,3)4)27-38(30-41)49(5,6)7)42-31-39(50(8,9)10)28-40(32-42)51(11,12)13/h14-21,26-32,54H,22-25,33H2,1-13H3. The zero-order valence-corrected chi connectivity index (χ0v) is 37.0. The van der Waals surface area contributed by atoms with E-state index in [2.05, 4.69) is 174 Å². The number of anilines is 1. The third kappa shape index (κ3) is 7.58. The summed E-state index contributed by atoms with van der Waals surface area (Å²) in [6.07, 6.45) is 6.45. The summed E-state index contributed by atoms with van der Waals surface area (Å²) in [5.41, 5.74) is 15.6. The van der Waals surface area contributed by atoms with Crippen molar-refractivity contribution in [1.82, 2.24) is 4.98 Å². The predicted octanol–water partition coefficient (Wildman–Crippen LogP) is 12.1. The number of fused-ring (bicyclic) bond motifs is 4. The molecule has 4 aromatic carbocycles. The van der Waals surface area contributed by atoms with Gasteiger partial charge in [0.2, 0.25) is 0 Å². The first kappa shape index (κ1) is 39.5. The Balaban J connectivity index is 1.51. The largest absolute Gasteiger partial charge is 0.379 e. The van der Waals surface area contributed by atoms with E-state index in [4.69, 9.17) is 4.98 Å². The van der Waals surface area contributed by atoms with Gasteiger partial charge < -0.3 is 5.32 Å². The number of pyridine rings is 1. The van der Waals surface area contributed by atoms with Gasteiger partial charge in [-0.15, -0.1) is 0 Å². The minimum atomic E-state index is -0.922. The van der Waals surface area contributed by atoms with Crippen LogP contribution in [0.1, 0.15) is 152 Å². The average molecular weight is 749 g/mol. The average Bonchev–Trinajstić information content (AvgIpc) is 3.68. The van der Waals surface area contributed by atoms with Gasteiger partial charge in [0.15, 0.2) is 0 Å².